The predicted molar refractivity (Wildman–Crippen MR) is 69.2 cm³/mol. The summed E-state index contributed by atoms with van der Waals surface area (Å²) in [6, 6.07) is 3.26. The van der Waals surface area contributed by atoms with E-state index >= 15 is 0 Å². The van der Waals surface area contributed by atoms with E-state index in [9.17, 15) is 9.59 Å². The largest absolute Gasteiger partial charge is 0.464 e. The number of piperazine rings is 1. The number of likely N-dealkylation sites (N-methyl/N-ethyl adjacent to an activating group) is 1. The van der Waals surface area contributed by atoms with Gasteiger partial charge < -0.3 is 20.0 Å². The summed E-state index contributed by atoms with van der Waals surface area (Å²) in [6.45, 7) is 5.50. The van der Waals surface area contributed by atoms with E-state index in [0.29, 0.717) is 25.4 Å². The van der Waals surface area contributed by atoms with Gasteiger partial charge in [-0.3, -0.25) is 9.59 Å². The van der Waals surface area contributed by atoms with Crippen molar-refractivity contribution in [3.05, 3.63) is 23.7 Å². The van der Waals surface area contributed by atoms with Gasteiger partial charge in [0.2, 0.25) is 0 Å². The van der Waals surface area contributed by atoms with Crippen molar-refractivity contribution in [1.82, 2.24) is 9.80 Å². The molecule has 2 amide bonds. The second-order valence-corrected chi connectivity index (χ2v) is 4.58. The molecule has 0 aromatic carbocycles. The number of aryl methyl sites for hydroxylation is 1. The molecule has 1 fully saturated rings. The number of carbonyl (C=O) groups excluding carboxylic acids is 2. The van der Waals surface area contributed by atoms with Gasteiger partial charge in [0.25, 0.3) is 0 Å². The van der Waals surface area contributed by atoms with Crippen LogP contribution in [0.3, 0.4) is 0 Å². The van der Waals surface area contributed by atoms with E-state index in [1.807, 2.05) is 19.9 Å². The van der Waals surface area contributed by atoms with E-state index in [2.05, 4.69) is 0 Å². The Morgan fingerprint density at radius 2 is 2.05 bits per heavy atom. The van der Waals surface area contributed by atoms with Crippen molar-refractivity contribution in [1.29, 1.82) is 0 Å². The highest BCUT2D eigenvalue weighted by molar-refractivity contribution is 6.35. The van der Waals surface area contributed by atoms with Crippen LogP contribution in [0.4, 0.5) is 0 Å². The van der Waals surface area contributed by atoms with Crippen molar-refractivity contribution in [3.63, 3.8) is 0 Å². The second kappa shape index (κ2) is 5.44. The van der Waals surface area contributed by atoms with E-state index < -0.39 is 11.8 Å². The molecule has 2 N–H and O–H groups in total. The van der Waals surface area contributed by atoms with Crippen molar-refractivity contribution in [2.45, 2.75) is 19.9 Å². The number of carbonyl (C=O) groups is 2. The zero-order valence-electron chi connectivity index (χ0n) is 11.3. The molecule has 0 aliphatic carbocycles. The molecule has 1 aliphatic heterocycles. The summed E-state index contributed by atoms with van der Waals surface area (Å²) in [6.07, 6.45) is 0. The third-order valence-electron chi connectivity index (χ3n) is 3.41. The number of rotatable bonds is 4. The first-order valence-corrected chi connectivity index (χ1v) is 6.44. The third kappa shape index (κ3) is 2.49. The first kappa shape index (κ1) is 13.6. The molecule has 6 nitrogen and oxygen atoms in total. The fraction of sp³-hybridized carbons (Fsp3) is 0.538. The highest BCUT2D eigenvalue weighted by Gasteiger charge is 2.36. The molecule has 1 unspecified atom stereocenters. The highest BCUT2D eigenvalue weighted by atomic mass is 16.3. The highest BCUT2D eigenvalue weighted by Crippen LogP contribution is 2.24. The van der Waals surface area contributed by atoms with Crippen LogP contribution in [0, 0.1) is 6.92 Å². The van der Waals surface area contributed by atoms with Gasteiger partial charge in [0.1, 0.15) is 17.6 Å². The Bertz CT molecular complexity index is 483. The Hall–Kier alpha value is -1.82. The minimum Gasteiger partial charge on any atom is -0.464 e. The lowest BCUT2D eigenvalue weighted by Gasteiger charge is -2.36. The lowest BCUT2D eigenvalue weighted by Crippen LogP contribution is -2.55. The minimum absolute atomic E-state index is 0.234. The van der Waals surface area contributed by atoms with E-state index in [4.69, 9.17) is 10.2 Å². The Labute approximate surface area is 112 Å². The quantitative estimate of drug-likeness (QED) is 0.793. The monoisotopic (exact) mass is 265 g/mol. The molecule has 2 heterocycles. The Morgan fingerprint density at radius 3 is 2.58 bits per heavy atom. The van der Waals surface area contributed by atoms with E-state index in [-0.39, 0.29) is 12.6 Å². The van der Waals surface area contributed by atoms with Crippen LogP contribution >= 0.6 is 0 Å². The molecule has 104 valence electrons. The van der Waals surface area contributed by atoms with Crippen LogP contribution in [0.2, 0.25) is 0 Å². The number of amides is 2. The molecule has 1 aromatic rings. The van der Waals surface area contributed by atoms with Crippen LogP contribution < -0.4 is 5.73 Å². The maximum Gasteiger partial charge on any atom is 0.312 e. The fourth-order valence-corrected chi connectivity index (χ4v) is 2.32. The first-order chi connectivity index (χ1) is 9.08. The summed E-state index contributed by atoms with van der Waals surface area (Å²) in [5, 5.41) is 0. The molecule has 6 heteroatoms. The molecular weight excluding hydrogens is 246 g/mol. The predicted octanol–water partition coefficient (Wildman–Crippen LogP) is 0.279. The average molecular weight is 265 g/mol. The Kier molecular flexibility index (Phi) is 3.90. The van der Waals surface area contributed by atoms with Crippen molar-refractivity contribution in [2.24, 2.45) is 5.73 Å². The summed E-state index contributed by atoms with van der Waals surface area (Å²) in [5.74, 6) is 0.429. The minimum atomic E-state index is -0.502. The van der Waals surface area contributed by atoms with E-state index in [1.165, 1.54) is 4.90 Å². The lowest BCUT2D eigenvalue weighted by molar-refractivity contribution is -0.157. The summed E-state index contributed by atoms with van der Waals surface area (Å²) in [4.78, 5) is 27.0. The van der Waals surface area contributed by atoms with Crippen molar-refractivity contribution < 1.29 is 14.0 Å². The van der Waals surface area contributed by atoms with Gasteiger partial charge in [0, 0.05) is 26.2 Å². The number of nitrogens with zero attached hydrogens (tertiary/aromatic N) is 2. The number of hydrogen-bond donors (Lipinski definition) is 1. The van der Waals surface area contributed by atoms with Crippen LogP contribution in [0.15, 0.2) is 16.5 Å². The summed E-state index contributed by atoms with van der Waals surface area (Å²) in [5.41, 5.74) is 5.74. The smallest absolute Gasteiger partial charge is 0.312 e. The molecule has 0 bridgehead atoms. The number of furan rings is 1. The molecule has 0 radical (unpaired) electrons. The van der Waals surface area contributed by atoms with Crippen LogP contribution in [0.25, 0.3) is 0 Å². The molecule has 1 aliphatic rings. The fourth-order valence-electron chi connectivity index (χ4n) is 2.32. The lowest BCUT2D eigenvalue weighted by atomic mass is 10.1. The van der Waals surface area contributed by atoms with Crippen LogP contribution in [0.1, 0.15) is 24.5 Å². The van der Waals surface area contributed by atoms with Gasteiger partial charge in [-0.05, 0) is 26.0 Å². The number of hydrogen-bond acceptors (Lipinski definition) is 4. The van der Waals surface area contributed by atoms with Gasteiger partial charge in [0.05, 0.1) is 0 Å². The van der Waals surface area contributed by atoms with Crippen LogP contribution in [-0.2, 0) is 9.59 Å². The van der Waals surface area contributed by atoms with Gasteiger partial charge in [-0.2, -0.15) is 0 Å². The standard InChI is InChI=1S/C13H19N3O3/c1-3-15-6-7-16(13(18)12(15)17)10(8-14)11-5-4-9(2)19-11/h4-5,10H,3,6-8,14H2,1-2H3. The van der Waals surface area contributed by atoms with Gasteiger partial charge in [0.15, 0.2) is 0 Å². The van der Waals surface area contributed by atoms with Crippen LogP contribution in [-0.4, -0.2) is 47.8 Å². The maximum absolute atomic E-state index is 12.1. The molecule has 0 saturated carbocycles. The van der Waals surface area contributed by atoms with Gasteiger partial charge >= 0.3 is 11.8 Å². The Balaban J connectivity index is 2.20. The van der Waals surface area contributed by atoms with Gasteiger partial charge in [-0.25, -0.2) is 0 Å². The van der Waals surface area contributed by atoms with Crippen LogP contribution in [0.5, 0.6) is 0 Å². The molecule has 1 aromatic heterocycles. The van der Waals surface area contributed by atoms with Crippen molar-refractivity contribution >= 4 is 11.8 Å². The molecule has 1 saturated heterocycles. The third-order valence-corrected chi connectivity index (χ3v) is 3.41. The molecule has 1 atom stereocenters. The maximum atomic E-state index is 12.1. The van der Waals surface area contributed by atoms with Crippen molar-refractivity contribution in [3.8, 4) is 0 Å². The summed E-state index contributed by atoms with van der Waals surface area (Å²) in [7, 11) is 0. The second-order valence-electron chi connectivity index (χ2n) is 4.58. The van der Waals surface area contributed by atoms with Crippen molar-refractivity contribution in [2.75, 3.05) is 26.2 Å². The van der Waals surface area contributed by atoms with E-state index in [0.717, 1.165) is 5.76 Å². The first-order valence-electron chi connectivity index (χ1n) is 6.44. The molecule has 19 heavy (non-hydrogen) atoms. The SMILES string of the molecule is CCN1CCN(C(CN)c2ccc(C)o2)C(=O)C1=O. The summed E-state index contributed by atoms with van der Waals surface area (Å²) >= 11 is 0. The zero-order chi connectivity index (χ0) is 14.0. The van der Waals surface area contributed by atoms with E-state index in [1.54, 1.807) is 11.0 Å². The summed E-state index contributed by atoms with van der Waals surface area (Å²) < 4.78 is 5.53. The number of nitrogens with two attached hydrogens (primary N) is 1. The molecule has 0 spiro atoms. The van der Waals surface area contributed by atoms with Gasteiger partial charge in [-0.1, -0.05) is 0 Å². The molecular formula is C13H19N3O3. The topological polar surface area (TPSA) is 79.8 Å². The average Bonchev–Trinajstić information content (AvgIpc) is 2.82. The molecule has 2 rings (SSSR count). The Morgan fingerprint density at radius 1 is 1.32 bits per heavy atom. The normalized spacial score (nSPS) is 18.1. The zero-order valence-corrected chi connectivity index (χ0v) is 11.3. The van der Waals surface area contributed by atoms with Gasteiger partial charge in [-0.15, -0.1) is 0 Å².